The molecular weight excluding hydrogens is 338 g/mol. The summed E-state index contributed by atoms with van der Waals surface area (Å²) in [6.45, 7) is -4.36. The quantitative estimate of drug-likeness (QED) is 0.326. The Balaban J connectivity index is 2.29. The Hall–Kier alpha value is -0.460. The highest BCUT2D eigenvalue weighted by Gasteiger charge is 2.38. The number of carbonyl (C=O) groups excluding carboxylic acids is 1. The van der Waals surface area contributed by atoms with Crippen LogP contribution < -0.4 is 4.89 Å². The zero-order valence-electron chi connectivity index (χ0n) is 11.2. The zero-order valence-corrected chi connectivity index (χ0v) is 13.8. The first-order valence-corrected chi connectivity index (χ1v) is 10.8. The van der Waals surface area contributed by atoms with Crippen LogP contribution >= 0.6 is 13.9 Å². The van der Waals surface area contributed by atoms with Gasteiger partial charge in [0.1, 0.15) is 0 Å². The number of rotatable bonds is 8. The summed E-state index contributed by atoms with van der Waals surface area (Å²) < 4.78 is 25.2. The molecule has 0 spiro atoms. The second kappa shape index (κ2) is 8.25. The third-order valence-electron chi connectivity index (χ3n) is 2.33. The maximum absolute atomic E-state index is 11.6. The van der Waals surface area contributed by atoms with Gasteiger partial charge in [0.25, 0.3) is 0 Å². The molecule has 0 fully saturated rings. The van der Waals surface area contributed by atoms with E-state index in [0.717, 1.165) is 7.11 Å². The molecule has 0 saturated carbocycles. The lowest BCUT2D eigenvalue weighted by Crippen LogP contribution is -2.14. The molecule has 1 aromatic rings. The predicted octanol–water partition coefficient (Wildman–Crippen LogP) is 1.67. The van der Waals surface area contributed by atoms with Gasteiger partial charge in [0.2, 0.25) is 0 Å². The first-order chi connectivity index (χ1) is 9.80. The van der Waals surface area contributed by atoms with E-state index in [1.807, 2.05) is 0 Å². The van der Waals surface area contributed by atoms with E-state index in [2.05, 4.69) is 16.8 Å². The van der Waals surface area contributed by atoms with E-state index >= 15 is 0 Å². The van der Waals surface area contributed by atoms with Crippen LogP contribution in [0.1, 0.15) is 16.8 Å². The van der Waals surface area contributed by atoms with E-state index in [9.17, 15) is 19.1 Å². The fourth-order valence-corrected chi connectivity index (χ4v) is 4.05. The number of ether oxygens (including phenoxy) is 1. The largest absolute Gasteiger partial charge is 0.665 e. The Morgan fingerprint density at radius 1 is 1.38 bits per heavy atom. The smallest absolute Gasteiger partial charge is 0.469 e. The van der Waals surface area contributed by atoms with Crippen molar-refractivity contribution in [1.82, 2.24) is 0 Å². The second-order valence-corrected chi connectivity index (χ2v) is 11.7. The molecule has 0 radical (unpaired) electrons. The molecule has 0 aliphatic heterocycles. The molecule has 118 valence electrons. The van der Waals surface area contributed by atoms with E-state index in [-0.39, 0.29) is 19.6 Å². The normalized spacial score (nSPS) is 16.8. The molecule has 0 aliphatic rings. The lowest BCUT2D eigenvalue weighted by atomic mass is 10.2. The van der Waals surface area contributed by atoms with Gasteiger partial charge in [0.05, 0.1) is 25.4 Å². The molecule has 0 bridgehead atoms. The van der Waals surface area contributed by atoms with Crippen molar-refractivity contribution in [3.63, 3.8) is 0 Å². The van der Waals surface area contributed by atoms with Crippen molar-refractivity contribution in [3.8, 4) is 0 Å². The van der Waals surface area contributed by atoms with Gasteiger partial charge in [-0.2, -0.15) is 0 Å². The zero-order chi connectivity index (χ0) is 15.9. The van der Waals surface area contributed by atoms with Gasteiger partial charge in [-0.05, 0) is 12.1 Å². The van der Waals surface area contributed by atoms with Crippen molar-refractivity contribution in [2.24, 2.45) is 0 Å². The van der Waals surface area contributed by atoms with Crippen molar-refractivity contribution in [2.75, 3.05) is 20.3 Å². The Morgan fingerprint density at radius 2 is 2.00 bits per heavy atom. The summed E-state index contributed by atoms with van der Waals surface area (Å²) in [6.07, 6.45) is 0.183. The van der Waals surface area contributed by atoms with Crippen LogP contribution in [0.25, 0.3) is 0 Å². The maximum Gasteiger partial charge on any atom is 0.469 e. The van der Waals surface area contributed by atoms with Crippen LogP contribution in [-0.4, -0.2) is 31.2 Å². The summed E-state index contributed by atoms with van der Waals surface area (Å²) in [5.41, 5.74) is 0.409. The third kappa shape index (κ3) is 5.68. The van der Waals surface area contributed by atoms with E-state index < -0.39 is 19.9 Å². The first kappa shape index (κ1) is 18.6. The molecule has 2 unspecified atom stereocenters. The van der Waals surface area contributed by atoms with Gasteiger partial charge in [0, 0.05) is 13.5 Å². The number of hydrogen-bond acceptors (Lipinski definition) is 7. The van der Waals surface area contributed by atoms with Gasteiger partial charge in [-0.15, -0.1) is 0 Å². The van der Waals surface area contributed by atoms with Crippen LogP contribution in [-0.2, 0) is 30.6 Å². The first-order valence-electron chi connectivity index (χ1n) is 5.87. The van der Waals surface area contributed by atoms with Crippen LogP contribution in [0.15, 0.2) is 30.3 Å². The highest BCUT2D eigenvalue weighted by Crippen LogP contribution is 2.81. The Bertz CT molecular complexity index is 509. The topological polar surface area (TPSA) is 105 Å². The lowest BCUT2D eigenvalue weighted by molar-refractivity contribution is -0.179. The van der Waals surface area contributed by atoms with E-state index in [4.69, 9.17) is 9.26 Å². The average molecular weight is 353 g/mol. The molecule has 7 nitrogen and oxygen atoms in total. The molecule has 10 heteroatoms. The monoisotopic (exact) mass is 353 g/mol. The summed E-state index contributed by atoms with van der Waals surface area (Å²) in [4.78, 5) is 32.4. The second-order valence-electron chi connectivity index (χ2n) is 3.83. The fraction of sp³-hybridized carbons (Fsp3) is 0.364. The van der Waals surface area contributed by atoms with Crippen molar-refractivity contribution < 1.29 is 32.9 Å². The molecule has 0 heterocycles. The molecule has 21 heavy (non-hydrogen) atoms. The number of hydrogen-bond donors (Lipinski definition) is 1. The van der Waals surface area contributed by atoms with Crippen molar-refractivity contribution in [3.05, 3.63) is 35.9 Å². The van der Waals surface area contributed by atoms with Crippen LogP contribution in [0, 0.1) is 0 Å². The molecule has 1 rings (SSSR count). The maximum atomic E-state index is 11.6. The molecule has 0 aromatic heterocycles. The van der Waals surface area contributed by atoms with Gasteiger partial charge < -0.3 is 21.9 Å². The van der Waals surface area contributed by atoms with Crippen LogP contribution in [0.2, 0.25) is 0 Å². The number of benzene rings is 1. The van der Waals surface area contributed by atoms with E-state index in [1.54, 1.807) is 30.3 Å². The van der Waals surface area contributed by atoms with Gasteiger partial charge in [0.15, 0.2) is 0 Å². The Kier molecular flexibility index (Phi) is 7.30. The predicted molar refractivity (Wildman–Crippen MR) is 78.4 cm³/mol. The number of esters is 1. The highest BCUT2D eigenvalue weighted by molar-refractivity contribution is 8.66. The van der Waals surface area contributed by atoms with Gasteiger partial charge >= 0.3 is 13.3 Å². The minimum Gasteiger partial charge on any atom is -0.665 e. The molecule has 0 amide bonds. The SMILES string of the molecule is COP(=O)(O)[P+]([O-])([S-])OCCCOC(=O)c1ccccc1. The van der Waals surface area contributed by atoms with E-state index in [1.165, 1.54) is 0 Å². The molecule has 2 atom stereocenters. The minimum absolute atomic E-state index is 0.00573. The van der Waals surface area contributed by atoms with Crippen LogP contribution in [0.4, 0.5) is 0 Å². The minimum atomic E-state index is -4.45. The van der Waals surface area contributed by atoms with Gasteiger partial charge in [-0.1, -0.05) is 18.2 Å². The molecule has 1 aromatic carbocycles. The average Bonchev–Trinajstić information content (AvgIpc) is 2.47. The summed E-state index contributed by atoms with van der Waals surface area (Å²) in [5, 5.41) is 0. The van der Waals surface area contributed by atoms with Crippen LogP contribution in [0.5, 0.6) is 0 Å². The Labute approximate surface area is 128 Å². The van der Waals surface area contributed by atoms with Crippen molar-refractivity contribution >= 4 is 32.1 Å². The van der Waals surface area contributed by atoms with E-state index in [0.29, 0.717) is 5.56 Å². The number of carbonyl (C=O) groups is 1. The standard InChI is InChI=1S/C11H16O7P2S/c1-16-19(13,14)20(15,21)18-9-5-8-17-11(12)10-6-3-2-4-7-10/h2-4,6-7H,5,8-9H2,1H3,(H,13,14)(H,15,21)/p-1. The van der Waals surface area contributed by atoms with Gasteiger partial charge in [-0.25, -0.2) is 9.36 Å². The fourth-order valence-electron chi connectivity index (χ4n) is 1.23. The van der Waals surface area contributed by atoms with Crippen LogP contribution in [0.3, 0.4) is 0 Å². The molecular formula is C11H15O7P2S-. The van der Waals surface area contributed by atoms with Crippen molar-refractivity contribution in [1.29, 1.82) is 0 Å². The van der Waals surface area contributed by atoms with Gasteiger partial charge in [-0.3, -0.25) is 13.9 Å². The summed E-state index contributed by atoms with van der Waals surface area (Å²) in [7, 11) is -3.53. The molecule has 0 saturated heterocycles. The molecule has 0 aliphatic carbocycles. The summed E-state index contributed by atoms with van der Waals surface area (Å²) in [6, 6.07) is 8.40. The summed E-state index contributed by atoms with van der Waals surface area (Å²) in [5.74, 6) is -0.498. The van der Waals surface area contributed by atoms with Crippen molar-refractivity contribution in [2.45, 2.75) is 6.42 Å². The lowest BCUT2D eigenvalue weighted by Gasteiger charge is -2.35. The highest BCUT2D eigenvalue weighted by atomic mass is 32.9. The Morgan fingerprint density at radius 3 is 2.57 bits per heavy atom. The molecule has 1 N–H and O–H groups in total. The third-order valence-corrected chi connectivity index (χ3v) is 8.80. The summed E-state index contributed by atoms with van der Waals surface area (Å²) >= 11 is 4.44.